The van der Waals surface area contributed by atoms with Crippen LogP contribution in [0.25, 0.3) is 10.9 Å². The van der Waals surface area contributed by atoms with Crippen molar-refractivity contribution in [1.82, 2.24) is 8.87 Å². The number of halogens is 1. The van der Waals surface area contributed by atoms with Gasteiger partial charge in [0.05, 0.1) is 10.4 Å². The Balaban J connectivity index is 1.92. The summed E-state index contributed by atoms with van der Waals surface area (Å²) in [5.41, 5.74) is 4.00. The third-order valence-corrected chi connectivity index (χ3v) is 8.32. The first-order valence-electron chi connectivity index (χ1n) is 10.0. The Kier molecular flexibility index (Phi) is 5.38. The van der Waals surface area contributed by atoms with Gasteiger partial charge in [-0.15, -0.1) is 0 Å². The minimum Gasteiger partial charge on any atom is -0.306 e. The number of likely N-dealkylation sites (N-methyl/N-ethyl adjacent to an activating group) is 1. The zero-order valence-electron chi connectivity index (χ0n) is 17.3. The molecule has 1 heterocycles. The minimum absolute atomic E-state index is 0.347. The molecule has 0 fully saturated rings. The summed E-state index contributed by atoms with van der Waals surface area (Å²) in [4.78, 5) is 2.59. The van der Waals surface area contributed by atoms with E-state index in [1.54, 1.807) is 16.1 Å². The summed E-state index contributed by atoms with van der Waals surface area (Å²) >= 11 is 3.56. The summed E-state index contributed by atoms with van der Waals surface area (Å²) in [6, 6.07) is 13.7. The van der Waals surface area contributed by atoms with Crippen molar-refractivity contribution in [2.24, 2.45) is 0 Å². The van der Waals surface area contributed by atoms with Crippen molar-refractivity contribution < 1.29 is 8.42 Å². The van der Waals surface area contributed by atoms with Crippen LogP contribution in [0, 0.1) is 0 Å². The fourth-order valence-electron chi connectivity index (χ4n) is 4.32. The van der Waals surface area contributed by atoms with E-state index in [0.717, 1.165) is 51.5 Å². The fraction of sp³-hybridized carbons (Fsp3) is 0.391. The Hall–Kier alpha value is -1.63. The molecule has 2 aromatic carbocycles. The number of aromatic nitrogens is 1. The molecular formula is C23H27BrN2O2S. The van der Waals surface area contributed by atoms with Crippen LogP contribution in [-0.2, 0) is 22.9 Å². The van der Waals surface area contributed by atoms with E-state index in [2.05, 4.69) is 54.8 Å². The molecule has 1 aromatic heterocycles. The zero-order chi connectivity index (χ0) is 20.9. The molecule has 0 saturated carbocycles. The molecule has 1 atom stereocenters. The monoisotopic (exact) mass is 474 g/mol. The van der Waals surface area contributed by atoms with Gasteiger partial charge in [0.25, 0.3) is 10.0 Å². The summed E-state index contributed by atoms with van der Waals surface area (Å²) < 4.78 is 30.0. The first-order valence-corrected chi connectivity index (χ1v) is 12.3. The van der Waals surface area contributed by atoms with E-state index in [1.165, 1.54) is 0 Å². The van der Waals surface area contributed by atoms with Crippen molar-refractivity contribution in [3.8, 4) is 0 Å². The molecule has 4 nitrogen and oxygen atoms in total. The molecule has 1 aliphatic carbocycles. The quantitative estimate of drug-likeness (QED) is 0.522. The van der Waals surface area contributed by atoms with Gasteiger partial charge < -0.3 is 4.90 Å². The predicted molar refractivity (Wildman–Crippen MR) is 122 cm³/mol. The lowest BCUT2D eigenvalue weighted by Crippen LogP contribution is -2.34. The predicted octanol–water partition coefficient (Wildman–Crippen LogP) is 5.18. The average Bonchev–Trinajstić information content (AvgIpc) is 3.01. The standard InChI is InChI=1S/C23H27BrN2O2S/c1-15(2)16-5-9-19(10-6-16)29(27,28)26-22-11-7-17(24)13-20(22)21-14-18(25(3)4)8-12-23(21)26/h5-7,9-11,13,15,18H,8,12,14H2,1-4H3. The SMILES string of the molecule is CC(C)c1ccc(S(=O)(=O)n2c3c(c4cc(Br)ccc42)CC(N(C)C)CC3)cc1. The maximum atomic E-state index is 13.7. The summed E-state index contributed by atoms with van der Waals surface area (Å²) in [7, 11) is 0.521. The molecule has 29 heavy (non-hydrogen) atoms. The van der Waals surface area contributed by atoms with Crippen molar-refractivity contribution in [1.29, 1.82) is 0 Å². The van der Waals surface area contributed by atoms with E-state index >= 15 is 0 Å². The van der Waals surface area contributed by atoms with Gasteiger partial charge in [-0.2, -0.15) is 0 Å². The van der Waals surface area contributed by atoms with Gasteiger partial charge in [0, 0.05) is 21.6 Å². The van der Waals surface area contributed by atoms with Gasteiger partial charge in [-0.3, -0.25) is 0 Å². The summed E-state index contributed by atoms with van der Waals surface area (Å²) in [6.45, 7) is 4.22. The fourth-order valence-corrected chi connectivity index (χ4v) is 6.28. The smallest absolute Gasteiger partial charge is 0.268 e. The van der Waals surface area contributed by atoms with Gasteiger partial charge in [-0.25, -0.2) is 12.4 Å². The molecule has 0 aliphatic heterocycles. The lowest BCUT2D eigenvalue weighted by molar-refractivity contribution is 0.267. The van der Waals surface area contributed by atoms with Crippen molar-refractivity contribution in [2.75, 3.05) is 14.1 Å². The van der Waals surface area contributed by atoms with Crippen molar-refractivity contribution in [3.63, 3.8) is 0 Å². The summed E-state index contributed by atoms with van der Waals surface area (Å²) in [6.07, 6.45) is 2.58. The van der Waals surface area contributed by atoms with Crippen LogP contribution in [0.5, 0.6) is 0 Å². The molecule has 1 unspecified atom stereocenters. The molecule has 0 radical (unpaired) electrons. The van der Waals surface area contributed by atoms with E-state index in [9.17, 15) is 8.42 Å². The summed E-state index contributed by atoms with van der Waals surface area (Å²) in [5.74, 6) is 0.368. The van der Waals surface area contributed by atoms with Crippen LogP contribution >= 0.6 is 15.9 Å². The van der Waals surface area contributed by atoms with Crippen LogP contribution in [-0.4, -0.2) is 37.4 Å². The molecule has 4 rings (SSSR count). The Morgan fingerprint density at radius 3 is 2.41 bits per heavy atom. The summed E-state index contributed by atoms with van der Waals surface area (Å²) in [5, 5.41) is 1.03. The molecule has 6 heteroatoms. The van der Waals surface area contributed by atoms with Gasteiger partial charge in [0.2, 0.25) is 0 Å². The van der Waals surface area contributed by atoms with E-state index in [4.69, 9.17) is 0 Å². The molecule has 0 spiro atoms. The van der Waals surface area contributed by atoms with Crippen LogP contribution < -0.4 is 0 Å². The zero-order valence-corrected chi connectivity index (χ0v) is 19.7. The Morgan fingerprint density at radius 2 is 1.79 bits per heavy atom. The molecule has 0 saturated heterocycles. The van der Waals surface area contributed by atoms with Crippen molar-refractivity contribution >= 4 is 36.9 Å². The van der Waals surface area contributed by atoms with Crippen LogP contribution in [0.2, 0.25) is 0 Å². The number of nitrogens with zero attached hydrogens (tertiary/aromatic N) is 2. The van der Waals surface area contributed by atoms with Crippen molar-refractivity contribution in [3.05, 3.63) is 63.8 Å². The minimum atomic E-state index is -3.67. The molecule has 154 valence electrons. The number of fused-ring (bicyclic) bond motifs is 3. The van der Waals surface area contributed by atoms with Gasteiger partial charge >= 0.3 is 0 Å². The second-order valence-corrected chi connectivity index (χ2v) is 11.1. The topological polar surface area (TPSA) is 42.3 Å². The lowest BCUT2D eigenvalue weighted by Gasteiger charge is -2.29. The molecule has 0 N–H and O–H groups in total. The number of rotatable bonds is 4. The van der Waals surface area contributed by atoms with Crippen LogP contribution in [0.1, 0.15) is 43.0 Å². The van der Waals surface area contributed by atoms with Gasteiger partial charge in [0.1, 0.15) is 0 Å². The van der Waals surface area contributed by atoms with Gasteiger partial charge in [-0.05, 0) is 80.7 Å². The highest BCUT2D eigenvalue weighted by Crippen LogP contribution is 2.37. The lowest BCUT2D eigenvalue weighted by atomic mass is 9.91. The second-order valence-electron chi connectivity index (χ2n) is 8.44. The second kappa shape index (κ2) is 7.56. The highest BCUT2D eigenvalue weighted by atomic mass is 79.9. The van der Waals surface area contributed by atoms with E-state index in [1.807, 2.05) is 24.3 Å². The van der Waals surface area contributed by atoms with Crippen molar-refractivity contribution in [2.45, 2.75) is 50.0 Å². The van der Waals surface area contributed by atoms with Crippen LogP contribution in [0.15, 0.2) is 51.8 Å². The molecule has 0 bridgehead atoms. The van der Waals surface area contributed by atoms with Gasteiger partial charge in [0.15, 0.2) is 0 Å². The first kappa shape index (κ1) is 20.6. The van der Waals surface area contributed by atoms with E-state index < -0.39 is 10.0 Å². The number of hydrogen-bond acceptors (Lipinski definition) is 3. The Morgan fingerprint density at radius 1 is 1.10 bits per heavy atom. The average molecular weight is 475 g/mol. The molecule has 0 amide bonds. The highest BCUT2D eigenvalue weighted by Gasteiger charge is 2.31. The van der Waals surface area contributed by atoms with Crippen LogP contribution in [0.3, 0.4) is 0 Å². The Labute approximate surface area is 181 Å². The molecule has 3 aromatic rings. The molecular weight excluding hydrogens is 448 g/mol. The first-order chi connectivity index (χ1) is 13.7. The van der Waals surface area contributed by atoms with E-state index in [-0.39, 0.29) is 0 Å². The maximum absolute atomic E-state index is 13.7. The van der Waals surface area contributed by atoms with E-state index in [0.29, 0.717) is 16.9 Å². The maximum Gasteiger partial charge on any atom is 0.268 e. The molecule has 1 aliphatic rings. The largest absolute Gasteiger partial charge is 0.306 e. The Bertz CT molecular complexity index is 1160. The van der Waals surface area contributed by atoms with Crippen LogP contribution in [0.4, 0.5) is 0 Å². The van der Waals surface area contributed by atoms with Gasteiger partial charge in [-0.1, -0.05) is 41.9 Å². The number of benzene rings is 2. The highest BCUT2D eigenvalue weighted by molar-refractivity contribution is 9.10. The normalized spacial score (nSPS) is 17.3. The third kappa shape index (κ3) is 3.56. The number of hydrogen-bond donors (Lipinski definition) is 0. The third-order valence-electron chi connectivity index (χ3n) is 6.07.